The maximum Gasteiger partial charge on any atom is 0.0641 e. The fraction of sp³-hybridized carbons (Fsp3) is 0. The average Bonchev–Trinajstić information content (AvgIpc) is 4.00. The van der Waals surface area contributed by atoms with Crippen molar-refractivity contribution in [3.05, 3.63) is 237 Å². The third-order valence-corrected chi connectivity index (χ3v) is 13.0. The predicted molar refractivity (Wildman–Crippen MR) is 266 cm³/mol. The number of para-hydroxylation sites is 3. The molecule has 0 bridgehead atoms. The zero-order valence-electron chi connectivity index (χ0n) is 34.4. The highest BCUT2D eigenvalue weighted by Crippen LogP contribution is 2.44. The second-order valence-corrected chi connectivity index (χ2v) is 16.5. The molecule has 0 radical (unpaired) electrons. The van der Waals surface area contributed by atoms with Crippen LogP contribution in [0.1, 0.15) is 0 Å². The van der Waals surface area contributed by atoms with Crippen LogP contribution >= 0.6 is 0 Å². The van der Waals surface area contributed by atoms with Crippen molar-refractivity contribution >= 4 is 65.4 Å². The van der Waals surface area contributed by atoms with Gasteiger partial charge in [0, 0.05) is 49.4 Å². The minimum atomic E-state index is 1.14. The van der Waals surface area contributed by atoms with Gasteiger partial charge in [-0.25, -0.2) is 0 Å². The molecule has 0 spiro atoms. The normalized spacial score (nSPS) is 11.8. The van der Waals surface area contributed by atoms with Gasteiger partial charge in [0.2, 0.25) is 0 Å². The Kier molecular flexibility index (Phi) is 7.91. The number of rotatable bonds is 6. The van der Waals surface area contributed by atoms with E-state index in [0.717, 1.165) is 17.1 Å². The van der Waals surface area contributed by atoms with Crippen molar-refractivity contribution in [1.29, 1.82) is 0 Å². The molecular weight excluding hydrogens is 763 g/mol. The molecule has 0 saturated heterocycles. The van der Waals surface area contributed by atoms with Gasteiger partial charge in [0.1, 0.15) is 0 Å². The molecule has 0 amide bonds. The van der Waals surface area contributed by atoms with Crippen molar-refractivity contribution < 1.29 is 0 Å². The molecule has 0 N–H and O–H groups in total. The summed E-state index contributed by atoms with van der Waals surface area (Å²) >= 11 is 0. The highest BCUT2D eigenvalue weighted by Gasteiger charge is 2.22. The lowest BCUT2D eigenvalue weighted by Crippen LogP contribution is -1.96. The van der Waals surface area contributed by atoms with Crippen LogP contribution < -0.4 is 0 Å². The van der Waals surface area contributed by atoms with Gasteiger partial charge in [-0.2, -0.15) is 0 Å². The molecule has 0 atom stereocenters. The first-order chi connectivity index (χ1) is 31.3. The SMILES string of the molecule is c1ccc(-c2cccc(-n3c4ccccc4c4cc(-c5ccc6c(c5)c5ccc7c(c8ccccc8n7-c7ccccc7)c5n6-c5cccc(-c6ccccc6)c5)ccc43)c2)cc1. The Bertz CT molecular complexity index is 3890. The lowest BCUT2D eigenvalue weighted by atomic mass is 10.00. The van der Waals surface area contributed by atoms with Crippen LogP contribution in [0.5, 0.6) is 0 Å². The third-order valence-electron chi connectivity index (χ3n) is 13.0. The van der Waals surface area contributed by atoms with E-state index in [9.17, 15) is 0 Å². The molecule has 0 aliphatic carbocycles. The minimum Gasteiger partial charge on any atom is -0.309 e. The Morgan fingerprint density at radius 3 is 1.25 bits per heavy atom. The molecule has 3 heteroatoms. The Balaban J connectivity index is 1.05. The summed E-state index contributed by atoms with van der Waals surface area (Å²) in [4.78, 5) is 0. The molecule has 0 aliphatic heterocycles. The topological polar surface area (TPSA) is 14.8 Å². The van der Waals surface area contributed by atoms with E-state index in [2.05, 4.69) is 250 Å². The highest BCUT2D eigenvalue weighted by atomic mass is 15.0. The molecular formula is C60H39N3. The number of nitrogens with zero attached hydrogens (tertiary/aromatic N) is 3. The van der Waals surface area contributed by atoms with E-state index < -0.39 is 0 Å². The molecule has 3 aromatic heterocycles. The van der Waals surface area contributed by atoms with E-state index in [1.165, 1.54) is 98.8 Å². The third kappa shape index (κ3) is 5.53. The van der Waals surface area contributed by atoms with E-state index in [4.69, 9.17) is 0 Å². The Hall–Kier alpha value is -8.40. The van der Waals surface area contributed by atoms with Crippen LogP contribution in [0, 0.1) is 0 Å². The van der Waals surface area contributed by atoms with Crippen molar-refractivity contribution in [3.8, 4) is 50.4 Å². The molecule has 0 saturated carbocycles. The standard InChI is InChI=1S/C60H39N3/c1-4-16-40(17-5-1)42-20-14-24-47(36-42)62-54-28-12-10-26-49(54)52-38-44(30-33-56(52)62)45-31-34-57-53(39-45)50-32-35-58-59(51-27-11-13-29-55(51)61(58)46-22-8-3-9-23-46)60(50)63(57)48-25-15-21-43(37-48)41-18-6-2-7-19-41/h1-39H. The number of hydrogen-bond acceptors (Lipinski definition) is 0. The summed E-state index contributed by atoms with van der Waals surface area (Å²) < 4.78 is 7.34. The summed E-state index contributed by atoms with van der Waals surface area (Å²) in [7, 11) is 0. The van der Waals surface area contributed by atoms with Crippen LogP contribution in [0.15, 0.2) is 237 Å². The fourth-order valence-electron chi connectivity index (χ4n) is 10.2. The van der Waals surface area contributed by atoms with E-state index in [-0.39, 0.29) is 0 Å². The summed E-state index contributed by atoms with van der Waals surface area (Å²) in [5.41, 5.74) is 17.8. The van der Waals surface area contributed by atoms with E-state index in [0.29, 0.717) is 0 Å². The highest BCUT2D eigenvalue weighted by molar-refractivity contribution is 6.26. The number of fused-ring (bicyclic) bond motifs is 10. The molecule has 0 aliphatic rings. The van der Waals surface area contributed by atoms with Gasteiger partial charge in [-0.1, -0.05) is 158 Å². The maximum atomic E-state index is 2.51. The van der Waals surface area contributed by atoms with Crippen LogP contribution in [-0.4, -0.2) is 13.7 Å². The second kappa shape index (κ2) is 14.1. The van der Waals surface area contributed by atoms with Gasteiger partial charge in [-0.05, 0) is 112 Å². The van der Waals surface area contributed by atoms with Crippen LogP contribution in [-0.2, 0) is 0 Å². The maximum absolute atomic E-state index is 2.51. The molecule has 10 aromatic carbocycles. The van der Waals surface area contributed by atoms with Crippen molar-refractivity contribution in [1.82, 2.24) is 13.7 Å². The first kappa shape index (κ1) is 35.4. The molecule has 294 valence electrons. The van der Waals surface area contributed by atoms with Crippen LogP contribution in [0.2, 0.25) is 0 Å². The quantitative estimate of drug-likeness (QED) is 0.159. The second-order valence-electron chi connectivity index (χ2n) is 16.5. The predicted octanol–water partition coefficient (Wildman–Crippen LogP) is 16.0. The number of benzene rings is 10. The van der Waals surface area contributed by atoms with Gasteiger partial charge >= 0.3 is 0 Å². The lowest BCUT2D eigenvalue weighted by Gasteiger charge is -2.12. The molecule has 63 heavy (non-hydrogen) atoms. The summed E-state index contributed by atoms with van der Waals surface area (Å²) in [5, 5.41) is 7.43. The first-order valence-corrected chi connectivity index (χ1v) is 21.7. The zero-order chi connectivity index (χ0) is 41.4. The molecule has 3 nitrogen and oxygen atoms in total. The largest absolute Gasteiger partial charge is 0.309 e. The van der Waals surface area contributed by atoms with Gasteiger partial charge in [0.05, 0.1) is 33.1 Å². The van der Waals surface area contributed by atoms with Gasteiger partial charge in [-0.15, -0.1) is 0 Å². The van der Waals surface area contributed by atoms with E-state index in [1.807, 2.05) is 0 Å². The van der Waals surface area contributed by atoms with Crippen LogP contribution in [0.3, 0.4) is 0 Å². The van der Waals surface area contributed by atoms with Gasteiger partial charge in [-0.3, -0.25) is 0 Å². The van der Waals surface area contributed by atoms with Gasteiger partial charge in [0.15, 0.2) is 0 Å². The Morgan fingerprint density at radius 2 is 0.619 bits per heavy atom. The minimum absolute atomic E-state index is 1.14. The molecule has 13 rings (SSSR count). The molecule has 13 aromatic rings. The molecule has 0 fully saturated rings. The summed E-state index contributed by atoms with van der Waals surface area (Å²) in [6.07, 6.45) is 0. The van der Waals surface area contributed by atoms with Crippen molar-refractivity contribution in [3.63, 3.8) is 0 Å². The van der Waals surface area contributed by atoms with Crippen molar-refractivity contribution in [2.75, 3.05) is 0 Å². The van der Waals surface area contributed by atoms with Crippen molar-refractivity contribution in [2.24, 2.45) is 0 Å². The van der Waals surface area contributed by atoms with E-state index in [1.54, 1.807) is 0 Å². The molecule has 0 unspecified atom stereocenters. The van der Waals surface area contributed by atoms with E-state index >= 15 is 0 Å². The van der Waals surface area contributed by atoms with Crippen molar-refractivity contribution in [2.45, 2.75) is 0 Å². The lowest BCUT2D eigenvalue weighted by molar-refractivity contribution is 1.17. The number of aromatic nitrogens is 3. The smallest absolute Gasteiger partial charge is 0.0641 e. The Morgan fingerprint density at radius 1 is 0.206 bits per heavy atom. The van der Waals surface area contributed by atoms with Gasteiger partial charge < -0.3 is 13.7 Å². The summed E-state index contributed by atoms with van der Waals surface area (Å²) in [6, 6.07) is 86.4. The first-order valence-electron chi connectivity index (χ1n) is 21.7. The number of hydrogen-bond donors (Lipinski definition) is 0. The summed E-state index contributed by atoms with van der Waals surface area (Å²) in [6.45, 7) is 0. The molecule has 3 heterocycles. The monoisotopic (exact) mass is 801 g/mol. The van der Waals surface area contributed by atoms with Gasteiger partial charge in [0.25, 0.3) is 0 Å². The summed E-state index contributed by atoms with van der Waals surface area (Å²) in [5.74, 6) is 0. The van der Waals surface area contributed by atoms with Crippen LogP contribution in [0.4, 0.5) is 0 Å². The van der Waals surface area contributed by atoms with Crippen LogP contribution in [0.25, 0.3) is 116 Å². The Labute approximate surface area is 364 Å². The zero-order valence-corrected chi connectivity index (χ0v) is 34.4. The average molecular weight is 802 g/mol. The fourth-order valence-corrected chi connectivity index (χ4v) is 10.2.